The number of carbonyl (C=O) groups excluding carboxylic acids is 1. The Bertz CT molecular complexity index is 627. The Hall–Kier alpha value is -2.36. The third kappa shape index (κ3) is 2.61. The van der Waals surface area contributed by atoms with Crippen LogP contribution in [0.5, 0.6) is 0 Å². The van der Waals surface area contributed by atoms with Gasteiger partial charge in [0.25, 0.3) is 5.91 Å². The quantitative estimate of drug-likeness (QED) is 0.940. The molecule has 1 saturated heterocycles. The normalized spacial score (nSPS) is 17.8. The average Bonchev–Trinajstić information content (AvgIpc) is 3.04. The highest BCUT2D eigenvalue weighted by molar-refractivity contribution is 5.94. The van der Waals surface area contributed by atoms with Gasteiger partial charge >= 0.3 is 0 Å². The number of nitrogens with one attached hydrogen (secondary N) is 1. The monoisotopic (exact) mass is 281 g/mol. The van der Waals surface area contributed by atoms with Crippen LogP contribution in [0.2, 0.25) is 0 Å². The summed E-state index contributed by atoms with van der Waals surface area (Å²) in [7, 11) is 1.87. The van der Waals surface area contributed by atoms with E-state index >= 15 is 0 Å². The molecule has 1 amide bonds. The number of carbonyl (C=O) groups is 1. The fourth-order valence-corrected chi connectivity index (χ4v) is 2.98. The molecule has 2 heterocycles. The first kappa shape index (κ1) is 13.6. The maximum Gasteiger partial charge on any atom is 0.254 e. The van der Waals surface area contributed by atoms with Crippen molar-refractivity contribution in [1.82, 2.24) is 9.88 Å². The van der Waals surface area contributed by atoms with E-state index in [0.29, 0.717) is 0 Å². The molecule has 1 aromatic heterocycles. The molecule has 0 aliphatic carbocycles. The predicted molar refractivity (Wildman–Crippen MR) is 83.2 cm³/mol. The Labute approximate surface area is 124 Å². The highest BCUT2D eigenvalue weighted by Gasteiger charge is 2.32. The number of benzene rings is 1. The standard InChI is InChI=1S/C17H19N3O/c1-18-16-14(9-5-11-19-16)15-10-6-12-20(15)17(21)13-7-3-2-4-8-13/h2-5,7-9,11,15H,6,10,12H2,1H3,(H,18,19)/t15-/m1/s1. The van der Waals surface area contributed by atoms with Gasteiger partial charge in [-0.1, -0.05) is 24.3 Å². The predicted octanol–water partition coefficient (Wildman–Crippen LogP) is 3.10. The van der Waals surface area contributed by atoms with Gasteiger partial charge in [0, 0.05) is 30.9 Å². The zero-order valence-corrected chi connectivity index (χ0v) is 12.1. The van der Waals surface area contributed by atoms with E-state index in [2.05, 4.69) is 16.4 Å². The second-order valence-electron chi connectivity index (χ2n) is 5.21. The summed E-state index contributed by atoms with van der Waals surface area (Å²) in [5.41, 5.74) is 1.85. The Morgan fingerprint density at radius 3 is 2.81 bits per heavy atom. The number of anilines is 1. The Morgan fingerprint density at radius 1 is 1.24 bits per heavy atom. The zero-order valence-electron chi connectivity index (χ0n) is 12.1. The average molecular weight is 281 g/mol. The molecular formula is C17H19N3O. The van der Waals surface area contributed by atoms with Gasteiger partial charge in [-0.2, -0.15) is 0 Å². The Morgan fingerprint density at radius 2 is 2.05 bits per heavy atom. The summed E-state index contributed by atoms with van der Waals surface area (Å²) in [5.74, 6) is 0.958. The van der Waals surface area contributed by atoms with E-state index in [0.717, 1.165) is 36.3 Å². The molecule has 4 nitrogen and oxygen atoms in total. The molecule has 2 aromatic rings. The zero-order chi connectivity index (χ0) is 14.7. The van der Waals surface area contributed by atoms with Gasteiger partial charge in [0.2, 0.25) is 0 Å². The molecule has 0 radical (unpaired) electrons. The third-order valence-electron chi connectivity index (χ3n) is 3.97. The van der Waals surface area contributed by atoms with E-state index in [9.17, 15) is 4.79 Å². The second-order valence-corrected chi connectivity index (χ2v) is 5.21. The first-order chi connectivity index (χ1) is 10.3. The van der Waals surface area contributed by atoms with Crippen LogP contribution in [0.4, 0.5) is 5.82 Å². The number of rotatable bonds is 3. The molecule has 108 valence electrons. The van der Waals surface area contributed by atoms with Crippen LogP contribution in [-0.4, -0.2) is 29.4 Å². The molecule has 0 unspecified atom stereocenters. The van der Waals surface area contributed by atoms with Gasteiger partial charge in [-0.15, -0.1) is 0 Å². The second kappa shape index (κ2) is 5.95. The summed E-state index contributed by atoms with van der Waals surface area (Å²) in [4.78, 5) is 19.0. The summed E-state index contributed by atoms with van der Waals surface area (Å²) < 4.78 is 0. The van der Waals surface area contributed by atoms with E-state index in [4.69, 9.17) is 0 Å². The maximum atomic E-state index is 12.7. The largest absolute Gasteiger partial charge is 0.373 e. The van der Waals surface area contributed by atoms with Gasteiger partial charge in [-0.05, 0) is 31.0 Å². The molecule has 0 spiro atoms. The summed E-state index contributed by atoms with van der Waals surface area (Å²) in [5, 5.41) is 3.12. The van der Waals surface area contributed by atoms with Crippen molar-refractivity contribution in [3.05, 3.63) is 59.8 Å². The highest BCUT2D eigenvalue weighted by Crippen LogP contribution is 2.35. The van der Waals surface area contributed by atoms with Gasteiger partial charge in [-0.3, -0.25) is 4.79 Å². The fraction of sp³-hybridized carbons (Fsp3) is 0.294. The van der Waals surface area contributed by atoms with Crippen LogP contribution in [-0.2, 0) is 0 Å². The van der Waals surface area contributed by atoms with Crippen LogP contribution in [0.3, 0.4) is 0 Å². The van der Waals surface area contributed by atoms with Crippen molar-refractivity contribution < 1.29 is 4.79 Å². The lowest BCUT2D eigenvalue weighted by atomic mass is 10.0. The SMILES string of the molecule is CNc1ncccc1[C@H]1CCCN1C(=O)c1ccccc1. The lowest BCUT2D eigenvalue weighted by Crippen LogP contribution is -2.31. The molecule has 1 aliphatic heterocycles. The lowest BCUT2D eigenvalue weighted by molar-refractivity contribution is 0.0736. The maximum absolute atomic E-state index is 12.7. The van der Waals surface area contributed by atoms with Crippen LogP contribution < -0.4 is 5.32 Å². The van der Waals surface area contributed by atoms with Crippen molar-refractivity contribution in [2.45, 2.75) is 18.9 Å². The number of nitrogens with zero attached hydrogens (tertiary/aromatic N) is 2. The number of hydrogen-bond acceptors (Lipinski definition) is 3. The summed E-state index contributed by atoms with van der Waals surface area (Å²) in [6.45, 7) is 0.802. The van der Waals surface area contributed by atoms with Crippen LogP contribution in [0.1, 0.15) is 34.8 Å². The molecule has 1 aromatic carbocycles. The smallest absolute Gasteiger partial charge is 0.254 e. The van der Waals surface area contributed by atoms with Crippen molar-refractivity contribution in [1.29, 1.82) is 0 Å². The fourth-order valence-electron chi connectivity index (χ4n) is 2.98. The lowest BCUT2D eigenvalue weighted by Gasteiger charge is -2.26. The molecule has 21 heavy (non-hydrogen) atoms. The van der Waals surface area contributed by atoms with Gasteiger partial charge in [0.15, 0.2) is 0 Å². The van der Waals surface area contributed by atoms with E-state index in [1.165, 1.54) is 0 Å². The third-order valence-corrected chi connectivity index (χ3v) is 3.97. The van der Waals surface area contributed by atoms with Crippen molar-refractivity contribution in [2.75, 3.05) is 18.9 Å². The van der Waals surface area contributed by atoms with Gasteiger partial charge < -0.3 is 10.2 Å². The topological polar surface area (TPSA) is 45.2 Å². The molecule has 1 N–H and O–H groups in total. The summed E-state index contributed by atoms with van der Waals surface area (Å²) in [6, 6.07) is 13.6. The molecule has 1 fully saturated rings. The van der Waals surface area contributed by atoms with E-state index in [1.807, 2.05) is 48.3 Å². The molecule has 4 heteroatoms. The van der Waals surface area contributed by atoms with Gasteiger partial charge in [-0.25, -0.2) is 4.98 Å². The number of likely N-dealkylation sites (tertiary alicyclic amines) is 1. The Balaban J connectivity index is 1.91. The number of aromatic nitrogens is 1. The number of pyridine rings is 1. The van der Waals surface area contributed by atoms with Gasteiger partial charge in [0.05, 0.1) is 6.04 Å². The van der Waals surface area contributed by atoms with Crippen molar-refractivity contribution >= 4 is 11.7 Å². The number of hydrogen-bond donors (Lipinski definition) is 1. The van der Waals surface area contributed by atoms with Crippen LogP contribution in [0.25, 0.3) is 0 Å². The summed E-state index contributed by atoms with van der Waals surface area (Å²) >= 11 is 0. The van der Waals surface area contributed by atoms with Crippen LogP contribution >= 0.6 is 0 Å². The minimum Gasteiger partial charge on any atom is -0.373 e. The first-order valence-electron chi connectivity index (χ1n) is 7.30. The molecular weight excluding hydrogens is 262 g/mol. The molecule has 0 bridgehead atoms. The van der Waals surface area contributed by atoms with Crippen molar-refractivity contribution in [3.63, 3.8) is 0 Å². The summed E-state index contributed by atoms with van der Waals surface area (Å²) in [6.07, 6.45) is 3.79. The van der Waals surface area contributed by atoms with E-state index < -0.39 is 0 Å². The van der Waals surface area contributed by atoms with Crippen molar-refractivity contribution in [2.24, 2.45) is 0 Å². The Kier molecular flexibility index (Phi) is 3.86. The minimum atomic E-state index is 0.101. The van der Waals surface area contributed by atoms with Crippen LogP contribution in [0.15, 0.2) is 48.7 Å². The van der Waals surface area contributed by atoms with Gasteiger partial charge in [0.1, 0.15) is 5.82 Å². The number of amides is 1. The minimum absolute atomic E-state index is 0.101. The molecule has 0 saturated carbocycles. The first-order valence-corrected chi connectivity index (χ1v) is 7.30. The highest BCUT2D eigenvalue weighted by atomic mass is 16.2. The van der Waals surface area contributed by atoms with E-state index in [-0.39, 0.29) is 11.9 Å². The van der Waals surface area contributed by atoms with Crippen LogP contribution in [0, 0.1) is 0 Å². The van der Waals surface area contributed by atoms with E-state index in [1.54, 1.807) is 6.20 Å². The molecule has 1 aliphatic rings. The molecule has 1 atom stereocenters. The van der Waals surface area contributed by atoms with Crippen molar-refractivity contribution in [3.8, 4) is 0 Å². The molecule has 3 rings (SSSR count).